The molecule has 6 heteroatoms. The van der Waals surface area contributed by atoms with Crippen LogP contribution in [0.5, 0.6) is 5.75 Å². The second kappa shape index (κ2) is 5.64. The first-order valence-corrected chi connectivity index (χ1v) is 7.56. The Bertz CT molecular complexity index is 752. The van der Waals surface area contributed by atoms with Gasteiger partial charge in [-0.05, 0) is 31.2 Å². The van der Waals surface area contributed by atoms with Gasteiger partial charge in [0.25, 0.3) is 10.0 Å². The van der Waals surface area contributed by atoms with Crippen molar-refractivity contribution in [3.63, 3.8) is 0 Å². The van der Waals surface area contributed by atoms with Crippen molar-refractivity contribution in [1.82, 2.24) is 0 Å². The van der Waals surface area contributed by atoms with Crippen LogP contribution in [0.2, 0.25) is 5.02 Å². The SMILES string of the molecule is Cc1ccc(S(=O)(=O)/N=C/c2cccc(Cl)c2O)cc1. The average molecular weight is 310 g/mol. The molecule has 0 spiro atoms. The molecule has 0 bridgehead atoms. The Kier molecular flexibility index (Phi) is 4.11. The lowest BCUT2D eigenvalue weighted by Crippen LogP contribution is -1.98. The van der Waals surface area contributed by atoms with Crippen molar-refractivity contribution in [3.8, 4) is 5.75 Å². The molecule has 0 aliphatic rings. The third kappa shape index (κ3) is 3.18. The minimum absolute atomic E-state index is 0.0980. The lowest BCUT2D eigenvalue weighted by atomic mass is 10.2. The van der Waals surface area contributed by atoms with Gasteiger partial charge in [0.1, 0.15) is 5.75 Å². The molecule has 20 heavy (non-hydrogen) atoms. The molecule has 2 aromatic carbocycles. The minimum atomic E-state index is -3.79. The average Bonchev–Trinajstić information content (AvgIpc) is 2.41. The Morgan fingerprint density at radius 1 is 1.15 bits per heavy atom. The molecule has 0 saturated heterocycles. The second-order valence-corrected chi connectivity index (χ2v) is 6.24. The maximum absolute atomic E-state index is 12.0. The summed E-state index contributed by atoms with van der Waals surface area (Å²) in [6, 6.07) is 11.0. The summed E-state index contributed by atoms with van der Waals surface area (Å²) in [5.74, 6) is -0.197. The molecule has 104 valence electrons. The number of halogens is 1. The highest BCUT2D eigenvalue weighted by Crippen LogP contribution is 2.26. The van der Waals surface area contributed by atoms with E-state index in [0.717, 1.165) is 11.8 Å². The first kappa shape index (κ1) is 14.6. The van der Waals surface area contributed by atoms with Crippen molar-refractivity contribution in [3.05, 3.63) is 58.6 Å². The second-order valence-electron chi connectivity index (χ2n) is 4.20. The molecular weight excluding hydrogens is 298 g/mol. The van der Waals surface area contributed by atoms with Crippen molar-refractivity contribution >= 4 is 27.8 Å². The monoisotopic (exact) mass is 309 g/mol. The zero-order valence-corrected chi connectivity index (χ0v) is 12.2. The number of rotatable bonds is 3. The summed E-state index contributed by atoms with van der Waals surface area (Å²) < 4.78 is 27.6. The Morgan fingerprint density at radius 2 is 1.80 bits per heavy atom. The molecule has 0 saturated carbocycles. The third-order valence-electron chi connectivity index (χ3n) is 2.67. The predicted octanol–water partition coefficient (Wildman–Crippen LogP) is 3.16. The van der Waals surface area contributed by atoms with Crippen LogP contribution in [0.15, 0.2) is 51.8 Å². The highest BCUT2D eigenvalue weighted by Gasteiger charge is 2.11. The van der Waals surface area contributed by atoms with Crippen molar-refractivity contribution in [2.24, 2.45) is 4.40 Å². The molecule has 2 aromatic rings. The van der Waals surface area contributed by atoms with E-state index in [2.05, 4.69) is 4.40 Å². The molecule has 0 unspecified atom stereocenters. The van der Waals surface area contributed by atoms with Gasteiger partial charge in [-0.3, -0.25) is 0 Å². The van der Waals surface area contributed by atoms with Crippen LogP contribution in [0.3, 0.4) is 0 Å². The highest BCUT2D eigenvalue weighted by atomic mass is 35.5. The smallest absolute Gasteiger partial charge is 0.282 e. The molecule has 0 aromatic heterocycles. The maximum Gasteiger partial charge on any atom is 0.282 e. The van der Waals surface area contributed by atoms with Gasteiger partial charge >= 0.3 is 0 Å². The molecule has 0 fully saturated rings. The molecule has 4 nitrogen and oxygen atoms in total. The van der Waals surface area contributed by atoms with Crippen molar-refractivity contribution in [2.75, 3.05) is 0 Å². The van der Waals surface area contributed by atoms with E-state index in [1.165, 1.54) is 24.3 Å². The van der Waals surface area contributed by atoms with Gasteiger partial charge in [-0.15, -0.1) is 0 Å². The van der Waals surface area contributed by atoms with E-state index in [-0.39, 0.29) is 21.2 Å². The molecule has 0 heterocycles. The van der Waals surface area contributed by atoms with Gasteiger partial charge in [-0.25, -0.2) is 0 Å². The maximum atomic E-state index is 12.0. The number of nitrogens with zero attached hydrogens (tertiary/aromatic N) is 1. The topological polar surface area (TPSA) is 66.7 Å². The van der Waals surface area contributed by atoms with Crippen LogP contribution in [0.1, 0.15) is 11.1 Å². The summed E-state index contributed by atoms with van der Waals surface area (Å²) in [5, 5.41) is 9.82. The zero-order valence-electron chi connectivity index (χ0n) is 10.6. The van der Waals surface area contributed by atoms with E-state index in [0.29, 0.717) is 0 Å². The van der Waals surface area contributed by atoms with Crippen LogP contribution < -0.4 is 0 Å². The Labute approximate surface area is 122 Å². The van der Waals surface area contributed by atoms with E-state index in [1.807, 2.05) is 6.92 Å². The quantitative estimate of drug-likeness (QED) is 0.886. The summed E-state index contributed by atoms with van der Waals surface area (Å²) >= 11 is 5.74. The van der Waals surface area contributed by atoms with E-state index >= 15 is 0 Å². The summed E-state index contributed by atoms with van der Waals surface area (Å²) in [6.07, 6.45) is 1.08. The van der Waals surface area contributed by atoms with E-state index in [1.54, 1.807) is 18.2 Å². The standard InChI is InChI=1S/C14H12ClNO3S/c1-10-5-7-12(8-6-10)20(18,19)16-9-11-3-2-4-13(15)14(11)17/h2-9,17H,1H3/b16-9+. The molecule has 0 aliphatic heterocycles. The predicted molar refractivity (Wildman–Crippen MR) is 79.1 cm³/mol. The Morgan fingerprint density at radius 3 is 2.45 bits per heavy atom. The van der Waals surface area contributed by atoms with Gasteiger partial charge in [0, 0.05) is 5.56 Å². The van der Waals surface area contributed by atoms with Crippen LogP contribution in [0.25, 0.3) is 0 Å². The zero-order chi connectivity index (χ0) is 14.8. The van der Waals surface area contributed by atoms with Gasteiger partial charge < -0.3 is 5.11 Å². The molecule has 0 aliphatic carbocycles. The molecule has 1 N–H and O–H groups in total. The number of benzene rings is 2. The number of phenols is 1. The number of para-hydroxylation sites is 1. The minimum Gasteiger partial charge on any atom is -0.506 e. The van der Waals surface area contributed by atoms with Gasteiger partial charge in [0.15, 0.2) is 0 Å². The largest absolute Gasteiger partial charge is 0.506 e. The fourth-order valence-electron chi connectivity index (χ4n) is 1.53. The normalized spacial score (nSPS) is 11.9. The number of aromatic hydroxyl groups is 1. The van der Waals surface area contributed by atoms with Crippen LogP contribution >= 0.6 is 11.6 Å². The highest BCUT2D eigenvalue weighted by molar-refractivity contribution is 7.90. The first-order valence-electron chi connectivity index (χ1n) is 5.74. The van der Waals surface area contributed by atoms with Crippen molar-refractivity contribution in [2.45, 2.75) is 11.8 Å². The number of hydrogen-bond acceptors (Lipinski definition) is 3. The summed E-state index contributed by atoms with van der Waals surface area (Å²) in [6.45, 7) is 1.86. The molecule has 0 radical (unpaired) electrons. The number of aryl methyl sites for hydroxylation is 1. The molecule has 2 rings (SSSR count). The van der Waals surface area contributed by atoms with E-state index < -0.39 is 10.0 Å². The number of hydrogen-bond donors (Lipinski definition) is 1. The van der Waals surface area contributed by atoms with Gasteiger partial charge in [0.2, 0.25) is 0 Å². The van der Waals surface area contributed by atoms with Gasteiger partial charge in [-0.2, -0.15) is 12.8 Å². The summed E-state index contributed by atoms with van der Waals surface area (Å²) in [4.78, 5) is 0.0980. The van der Waals surface area contributed by atoms with E-state index in [4.69, 9.17) is 11.6 Å². The molecular formula is C14H12ClNO3S. The molecule has 0 amide bonds. The van der Waals surface area contributed by atoms with Gasteiger partial charge in [-0.1, -0.05) is 35.4 Å². The number of sulfonamides is 1. The Balaban J connectivity index is 2.35. The van der Waals surface area contributed by atoms with Crippen LogP contribution in [0, 0.1) is 6.92 Å². The number of phenolic OH excluding ortho intramolecular Hbond substituents is 1. The van der Waals surface area contributed by atoms with Gasteiger partial charge in [0.05, 0.1) is 16.1 Å². The summed E-state index contributed by atoms with van der Waals surface area (Å²) in [5.41, 5.74) is 1.20. The fraction of sp³-hybridized carbons (Fsp3) is 0.0714. The first-order chi connectivity index (χ1) is 9.40. The third-order valence-corrected chi connectivity index (χ3v) is 4.22. The van der Waals surface area contributed by atoms with Crippen LogP contribution in [-0.2, 0) is 10.0 Å². The lowest BCUT2D eigenvalue weighted by Gasteiger charge is -2.01. The van der Waals surface area contributed by atoms with Crippen molar-refractivity contribution < 1.29 is 13.5 Å². The molecule has 0 atom stereocenters. The van der Waals surface area contributed by atoms with Crippen molar-refractivity contribution in [1.29, 1.82) is 0 Å². The van der Waals surface area contributed by atoms with E-state index in [9.17, 15) is 13.5 Å². The Hall–Kier alpha value is -1.85. The lowest BCUT2D eigenvalue weighted by molar-refractivity contribution is 0.475. The van der Waals surface area contributed by atoms with Crippen LogP contribution in [-0.4, -0.2) is 19.7 Å². The fourth-order valence-corrected chi connectivity index (χ4v) is 2.57. The van der Waals surface area contributed by atoms with Crippen LogP contribution in [0.4, 0.5) is 0 Å². The summed E-state index contributed by atoms with van der Waals surface area (Å²) in [7, 11) is -3.79.